The summed E-state index contributed by atoms with van der Waals surface area (Å²) in [6, 6.07) is 0. The molecule has 0 aliphatic carbocycles. The van der Waals surface area contributed by atoms with E-state index in [1.165, 1.54) is 0 Å². The average Bonchev–Trinajstić information content (AvgIpc) is 2.12. The molecule has 0 aliphatic rings. The predicted octanol–water partition coefficient (Wildman–Crippen LogP) is -0.925. The van der Waals surface area contributed by atoms with Crippen LogP contribution in [0.4, 0.5) is 0 Å². The summed E-state index contributed by atoms with van der Waals surface area (Å²) in [5.41, 5.74) is 0. The van der Waals surface area contributed by atoms with Crippen LogP contribution in [0, 0.1) is 0 Å². The Morgan fingerprint density at radius 2 is 2.27 bits per heavy atom. The van der Waals surface area contributed by atoms with Gasteiger partial charge < -0.3 is 0 Å². The SMILES string of the molecule is O=S(=O)(O)Cn1nnnc1[S]. The Hall–Kier alpha value is -0.800. The van der Waals surface area contributed by atoms with Gasteiger partial charge >= 0.3 is 0 Å². The van der Waals surface area contributed by atoms with Gasteiger partial charge in [0.15, 0.2) is 5.88 Å². The summed E-state index contributed by atoms with van der Waals surface area (Å²) in [4.78, 5) is 0. The molecule has 1 aromatic rings. The standard InChI is InChI=1S/C2H3N4O3S2/c7-11(8,9)1-6-2(10)3-4-5-6/h1H2,(H,7,8,9). The maximum Gasteiger partial charge on any atom is 0.285 e. The minimum atomic E-state index is -4.12. The van der Waals surface area contributed by atoms with Crippen molar-refractivity contribution in [3.05, 3.63) is 0 Å². The fourth-order valence-electron chi connectivity index (χ4n) is 0.432. The first-order valence-corrected chi connectivity index (χ1v) is 4.39. The van der Waals surface area contributed by atoms with Gasteiger partial charge in [0.25, 0.3) is 10.1 Å². The van der Waals surface area contributed by atoms with Crippen LogP contribution in [0.1, 0.15) is 0 Å². The Morgan fingerprint density at radius 1 is 1.64 bits per heavy atom. The van der Waals surface area contributed by atoms with Gasteiger partial charge in [-0.05, 0) is 23.1 Å². The second-order valence-corrected chi connectivity index (χ2v) is 3.46. The van der Waals surface area contributed by atoms with Gasteiger partial charge in [0, 0.05) is 0 Å². The van der Waals surface area contributed by atoms with Gasteiger partial charge in [-0.2, -0.15) is 13.1 Å². The molecule has 0 spiro atoms. The fourth-order valence-corrected chi connectivity index (χ4v) is 1.13. The van der Waals surface area contributed by atoms with E-state index >= 15 is 0 Å². The summed E-state index contributed by atoms with van der Waals surface area (Å²) in [7, 11) is -4.12. The molecule has 0 amide bonds. The van der Waals surface area contributed by atoms with Crippen LogP contribution in [0.25, 0.3) is 0 Å². The molecule has 1 rings (SSSR count). The van der Waals surface area contributed by atoms with Gasteiger partial charge in [0.05, 0.1) is 0 Å². The molecular weight excluding hydrogens is 192 g/mol. The average molecular weight is 195 g/mol. The van der Waals surface area contributed by atoms with E-state index in [9.17, 15) is 8.42 Å². The Morgan fingerprint density at radius 3 is 2.64 bits per heavy atom. The van der Waals surface area contributed by atoms with Gasteiger partial charge in [-0.25, -0.2) is 0 Å². The van der Waals surface area contributed by atoms with E-state index < -0.39 is 16.0 Å². The number of hydrogen-bond acceptors (Lipinski definition) is 5. The van der Waals surface area contributed by atoms with Gasteiger partial charge in [0.2, 0.25) is 5.16 Å². The van der Waals surface area contributed by atoms with Crippen LogP contribution < -0.4 is 0 Å². The third-order valence-electron chi connectivity index (χ3n) is 0.784. The number of tetrazole rings is 1. The van der Waals surface area contributed by atoms with E-state index in [-0.39, 0.29) is 5.16 Å². The lowest BCUT2D eigenvalue weighted by atomic mass is 11.2. The Labute approximate surface area is 67.6 Å². The second kappa shape index (κ2) is 2.68. The predicted molar refractivity (Wildman–Crippen MR) is 35.2 cm³/mol. The molecule has 0 saturated carbocycles. The normalized spacial score (nSPS) is 11.7. The number of aromatic nitrogens is 4. The van der Waals surface area contributed by atoms with Crippen molar-refractivity contribution in [2.45, 2.75) is 11.0 Å². The van der Waals surface area contributed by atoms with Gasteiger partial charge in [-0.1, -0.05) is 5.10 Å². The molecule has 1 aromatic heterocycles. The second-order valence-electron chi connectivity index (χ2n) is 1.67. The smallest absolute Gasteiger partial charge is 0.284 e. The quantitative estimate of drug-likeness (QED) is 0.612. The first-order valence-electron chi connectivity index (χ1n) is 2.37. The van der Waals surface area contributed by atoms with Crippen molar-refractivity contribution >= 4 is 22.7 Å². The maximum atomic E-state index is 10.2. The molecule has 1 heterocycles. The van der Waals surface area contributed by atoms with Gasteiger partial charge in [-0.15, -0.1) is 0 Å². The molecule has 0 bridgehead atoms. The van der Waals surface area contributed by atoms with Crippen molar-refractivity contribution in [3.63, 3.8) is 0 Å². The van der Waals surface area contributed by atoms with Crippen LogP contribution in [0.15, 0.2) is 5.16 Å². The Balaban J connectivity index is 2.89. The summed E-state index contributed by atoms with van der Waals surface area (Å²) in [5, 5.41) is 9.46. The Kier molecular flexibility index (Phi) is 2.02. The summed E-state index contributed by atoms with van der Waals surface area (Å²) in [5.74, 6) is -0.709. The largest absolute Gasteiger partial charge is 0.285 e. The lowest BCUT2D eigenvalue weighted by Crippen LogP contribution is -2.11. The van der Waals surface area contributed by atoms with Crippen molar-refractivity contribution in [2.24, 2.45) is 0 Å². The highest BCUT2D eigenvalue weighted by Crippen LogP contribution is 1.98. The third-order valence-corrected chi connectivity index (χ3v) is 1.65. The van der Waals surface area contributed by atoms with E-state index in [1.54, 1.807) is 0 Å². The number of nitrogens with zero attached hydrogens (tertiary/aromatic N) is 4. The minimum absolute atomic E-state index is 0.0809. The van der Waals surface area contributed by atoms with Gasteiger partial charge in [0.1, 0.15) is 0 Å². The van der Waals surface area contributed by atoms with E-state index in [2.05, 4.69) is 28.2 Å². The summed E-state index contributed by atoms with van der Waals surface area (Å²) in [6.07, 6.45) is 0. The lowest BCUT2D eigenvalue weighted by molar-refractivity contribution is 0.460. The Bertz CT molecular complexity index is 342. The van der Waals surface area contributed by atoms with E-state index in [1.807, 2.05) is 0 Å². The first-order chi connectivity index (χ1) is 4.99. The zero-order chi connectivity index (χ0) is 8.48. The molecule has 0 atom stereocenters. The van der Waals surface area contributed by atoms with Crippen molar-refractivity contribution < 1.29 is 13.0 Å². The third kappa shape index (κ3) is 2.37. The molecule has 0 aromatic carbocycles. The molecule has 11 heavy (non-hydrogen) atoms. The van der Waals surface area contributed by atoms with Crippen LogP contribution >= 0.6 is 12.6 Å². The van der Waals surface area contributed by atoms with Crippen LogP contribution in [0.5, 0.6) is 0 Å². The molecule has 0 fully saturated rings. The van der Waals surface area contributed by atoms with Crippen LogP contribution in [0.2, 0.25) is 0 Å². The number of hydrogen-bond donors (Lipinski definition) is 1. The monoisotopic (exact) mass is 195 g/mol. The topological polar surface area (TPSA) is 98.0 Å². The lowest BCUT2D eigenvalue weighted by Gasteiger charge is -1.94. The van der Waals surface area contributed by atoms with Crippen molar-refractivity contribution in [3.8, 4) is 0 Å². The summed E-state index contributed by atoms with van der Waals surface area (Å²) >= 11 is 4.50. The van der Waals surface area contributed by atoms with Crippen molar-refractivity contribution in [2.75, 3.05) is 0 Å². The summed E-state index contributed by atoms with van der Waals surface area (Å²) < 4.78 is 29.6. The highest BCUT2D eigenvalue weighted by Gasteiger charge is 2.10. The molecule has 1 N–H and O–H groups in total. The van der Waals surface area contributed by atoms with E-state index in [0.29, 0.717) is 0 Å². The fraction of sp³-hybridized carbons (Fsp3) is 0.500. The molecule has 61 valence electrons. The molecule has 0 unspecified atom stereocenters. The molecule has 1 radical (unpaired) electrons. The van der Waals surface area contributed by atoms with Crippen molar-refractivity contribution in [1.82, 2.24) is 20.2 Å². The van der Waals surface area contributed by atoms with Crippen LogP contribution in [-0.4, -0.2) is 33.2 Å². The van der Waals surface area contributed by atoms with Crippen molar-refractivity contribution in [1.29, 1.82) is 0 Å². The first kappa shape index (κ1) is 8.30. The van der Waals surface area contributed by atoms with Gasteiger partial charge in [-0.3, -0.25) is 4.55 Å². The van der Waals surface area contributed by atoms with E-state index in [0.717, 1.165) is 4.68 Å². The molecule has 7 nitrogen and oxygen atoms in total. The molecule has 9 heteroatoms. The van der Waals surface area contributed by atoms with Crippen LogP contribution in [0.3, 0.4) is 0 Å². The minimum Gasteiger partial charge on any atom is -0.284 e. The molecular formula is C2H3N4O3S2. The molecule has 0 aliphatic heterocycles. The zero-order valence-electron chi connectivity index (χ0n) is 5.08. The number of rotatable bonds is 2. The van der Waals surface area contributed by atoms with E-state index in [4.69, 9.17) is 4.55 Å². The van der Waals surface area contributed by atoms with Crippen LogP contribution in [-0.2, 0) is 16.0 Å². The highest BCUT2D eigenvalue weighted by molar-refractivity contribution is 7.84. The molecule has 0 saturated heterocycles. The zero-order valence-corrected chi connectivity index (χ0v) is 6.71. The summed E-state index contributed by atoms with van der Waals surface area (Å²) in [6.45, 7) is 0. The maximum absolute atomic E-state index is 10.2. The highest BCUT2D eigenvalue weighted by atomic mass is 32.2.